The van der Waals surface area contributed by atoms with Crippen molar-refractivity contribution in [3.8, 4) is 10.4 Å². The molecule has 2 aromatic rings. The van der Waals surface area contributed by atoms with Crippen LogP contribution in [-0.4, -0.2) is 48.3 Å². The number of nitrogens with two attached hydrogens (primary N) is 1. The molecule has 1 saturated heterocycles. The largest absolute Gasteiger partial charge is 0.352 e. The van der Waals surface area contributed by atoms with E-state index in [-0.39, 0.29) is 17.5 Å². The smallest absolute Gasteiger partial charge is 0.207 e. The maximum Gasteiger partial charge on any atom is 0.207 e. The van der Waals surface area contributed by atoms with E-state index in [1.165, 1.54) is 29.8 Å². The van der Waals surface area contributed by atoms with E-state index in [0.717, 1.165) is 30.0 Å². The van der Waals surface area contributed by atoms with Crippen LogP contribution in [0.4, 0.5) is 0 Å². The molecule has 1 aliphatic heterocycles. The molecule has 0 aliphatic carbocycles. The second kappa shape index (κ2) is 13.5. The molecule has 1 aromatic heterocycles. The molecule has 1 aliphatic rings. The molecule has 0 bridgehead atoms. The molecule has 6 nitrogen and oxygen atoms in total. The fraction of sp³-hybridized carbons (Fsp3) is 0.560. The van der Waals surface area contributed by atoms with Gasteiger partial charge in [-0.1, -0.05) is 45.0 Å². The maximum absolute atomic E-state index is 10.4. The van der Waals surface area contributed by atoms with Crippen LogP contribution in [0.15, 0.2) is 29.8 Å². The standard InChI is InChI=1S/C13H14N2OS.C6H13NO.C6H13N/c1-9(14-7-16)11-3-5-12(6-4-11)13-10(2)15-8-17-13;1-6(2,3)5(7)4-8;1-6-4-3-5-7(6)2/h3-9H,1-2H3,(H,14,16);4-5H,7H2,1-3H3;6H,3-5H2,1-2H3. The van der Waals surface area contributed by atoms with Crippen LogP contribution in [0.25, 0.3) is 10.4 Å². The summed E-state index contributed by atoms with van der Waals surface area (Å²) < 4.78 is 0. The van der Waals surface area contributed by atoms with Crippen LogP contribution >= 0.6 is 11.3 Å². The number of amides is 1. The van der Waals surface area contributed by atoms with Crippen LogP contribution in [0.1, 0.15) is 64.8 Å². The number of nitrogens with one attached hydrogen (secondary N) is 1. The quantitative estimate of drug-likeness (QED) is 0.638. The number of aromatic nitrogens is 1. The zero-order valence-electron chi connectivity index (χ0n) is 20.6. The van der Waals surface area contributed by atoms with Gasteiger partial charge < -0.3 is 20.7 Å². The molecule has 3 unspecified atom stereocenters. The zero-order chi connectivity index (χ0) is 24.3. The molecule has 7 heteroatoms. The third-order valence-corrected chi connectivity index (χ3v) is 6.75. The second-order valence-electron chi connectivity index (χ2n) is 9.39. The minimum absolute atomic E-state index is 0.0455. The van der Waals surface area contributed by atoms with Crippen LogP contribution in [-0.2, 0) is 9.59 Å². The van der Waals surface area contributed by atoms with E-state index in [1.807, 2.05) is 52.3 Å². The van der Waals surface area contributed by atoms with Crippen molar-refractivity contribution in [3.63, 3.8) is 0 Å². The lowest BCUT2D eigenvalue weighted by Gasteiger charge is -2.20. The fourth-order valence-corrected chi connectivity index (χ4v) is 3.79. The number of thiazole rings is 1. The molecule has 1 amide bonds. The summed E-state index contributed by atoms with van der Waals surface area (Å²) in [5.74, 6) is 0. The number of aryl methyl sites for hydroxylation is 1. The predicted octanol–water partition coefficient (Wildman–Crippen LogP) is 4.58. The summed E-state index contributed by atoms with van der Waals surface area (Å²) in [6.45, 7) is 13.4. The summed E-state index contributed by atoms with van der Waals surface area (Å²) in [5, 5.41) is 2.74. The Morgan fingerprint density at radius 1 is 1.25 bits per heavy atom. The van der Waals surface area contributed by atoms with Gasteiger partial charge in [0.25, 0.3) is 0 Å². The number of nitrogens with zero attached hydrogens (tertiary/aromatic N) is 2. The normalized spacial score (nSPS) is 17.8. The highest BCUT2D eigenvalue weighted by Crippen LogP contribution is 2.28. The molecular formula is C25H40N4O2S. The number of likely N-dealkylation sites (tertiary alicyclic amines) is 1. The first kappa shape index (κ1) is 27.9. The van der Waals surface area contributed by atoms with Crippen LogP contribution in [0.5, 0.6) is 0 Å². The first-order valence-corrected chi connectivity index (χ1v) is 12.0. The third kappa shape index (κ3) is 9.18. The van der Waals surface area contributed by atoms with E-state index >= 15 is 0 Å². The number of aldehydes is 1. The van der Waals surface area contributed by atoms with Crippen molar-refractivity contribution in [1.82, 2.24) is 15.2 Å². The Morgan fingerprint density at radius 2 is 1.88 bits per heavy atom. The molecule has 3 N–H and O–H groups in total. The molecule has 3 atom stereocenters. The van der Waals surface area contributed by atoms with Crippen molar-refractivity contribution >= 4 is 24.0 Å². The molecule has 0 radical (unpaired) electrons. The molecule has 0 spiro atoms. The summed E-state index contributed by atoms with van der Waals surface area (Å²) in [6, 6.07) is 8.77. The molecule has 32 heavy (non-hydrogen) atoms. The van der Waals surface area contributed by atoms with E-state index in [0.29, 0.717) is 0 Å². The summed E-state index contributed by atoms with van der Waals surface area (Å²) in [5.41, 5.74) is 10.5. The number of hydrogen-bond acceptors (Lipinski definition) is 6. The van der Waals surface area contributed by atoms with Crippen molar-refractivity contribution < 1.29 is 9.59 Å². The molecule has 3 rings (SSSR count). The van der Waals surface area contributed by atoms with Gasteiger partial charge in [0.2, 0.25) is 6.41 Å². The molecule has 1 fully saturated rings. The van der Waals surface area contributed by atoms with Gasteiger partial charge in [-0.2, -0.15) is 0 Å². The van der Waals surface area contributed by atoms with Crippen molar-refractivity contribution in [2.24, 2.45) is 11.1 Å². The van der Waals surface area contributed by atoms with E-state index in [9.17, 15) is 9.59 Å². The van der Waals surface area contributed by atoms with E-state index in [2.05, 4.69) is 41.3 Å². The van der Waals surface area contributed by atoms with E-state index < -0.39 is 0 Å². The van der Waals surface area contributed by atoms with Gasteiger partial charge in [0, 0.05) is 6.04 Å². The highest BCUT2D eigenvalue weighted by Gasteiger charge is 2.18. The molecule has 178 valence electrons. The third-order valence-electron chi connectivity index (χ3n) is 5.77. The van der Waals surface area contributed by atoms with E-state index in [1.54, 1.807) is 11.3 Å². The van der Waals surface area contributed by atoms with Gasteiger partial charge in [-0.25, -0.2) is 4.98 Å². The lowest BCUT2D eigenvalue weighted by atomic mass is 9.89. The number of rotatable bonds is 5. The van der Waals surface area contributed by atoms with Gasteiger partial charge in [0.15, 0.2) is 0 Å². The van der Waals surface area contributed by atoms with Crippen LogP contribution < -0.4 is 11.1 Å². The van der Waals surface area contributed by atoms with E-state index in [4.69, 9.17) is 5.73 Å². The van der Waals surface area contributed by atoms with Crippen LogP contribution in [0, 0.1) is 12.3 Å². The van der Waals surface area contributed by atoms with Gasteiger partial charge in [0.1, 0.15) is 6.29 Å². The predicted molar refractivity (Wildman–Crippen MR) is 135 cm³/mol. The van der Waals surface area contributed by atoms with Gasteiger partial charge in [-0.15, -0.1) is 11.3 Å². The van der Waals surface area contributed by atoms with Gasteiger partial charge in [-0.05, 0) is 63.7 Å². The molecule has 0 saturated carbocycles. The van der Waals surface area contributed by atoms with Gasteiger partial charge in [-0.3, -0.25) is 4.79 Å². The second-order valence-corrected chi connectivity index (χ2v) is 10.2. The Labute approximate surface area is 197 Å². The summed E-state index contributed by atoms with van der Waals surface area (Å²) >= 11 is 1.64. The Bertz CT molecular complexity index is 806. The first-order valence-electron chi connectivity index (χ1n) is 11.1. The zero-order valence-corrected chi connectivity index (χ0v) is 21.4. The number of benzene rings is 1. The summed E-state index contributed by atoms with van der Waals surface area (Å²) in [6.07, 6.45) is 4.31. The molecule has 1 aromatic carbocycles. The summed E-state index contributed by atoms with van der Waals surface area (Å²) in [4.78, 5) is 28.2. The number of carbonyl (C=O) groups excluding carboxylic acids is 2. The van der Waals surface area contributed by atoms with Crippen molar-refractivity contribution in [1.29, 1.82) is 0 Å². The highest BCUT2D eigenvalue weighted by molar-refractivity contribution is 7.13. The maximum atomic E-state index is 10.4. The molecule has 2 heterocycles. The Hall–Kier alpha value is -2.09. The summed E-state index contributed by atoms with van der Waals surface area (Å²) in [7, 11) is 2.19. The lowest BCUT2D eigenvalue weighted by Crippen LogP contribution is -2.36. The Kier molecular flexibility index (Phi) is 11.8. The minimum Gasteiger partial charge on any atom is -0.352 e. The van der Waals surface area contributed by atoms with Crippen molar-refractivity contribution in [2.75, 3.05) is 13.6 Å². The van der Waals surface area contributed by atoms with Gasteiger partial charge >= 0.3 is 0 Å². The van der Waals surface area contributed by atoms with Crippen molar-refractivity contribution in [3.05, 3.63) is 41.0 Å². The topological polar surface area (TPSA) is 88.3 Å². The fourth-order valence-electron chi connectivity index (χ4n) is 2.98. The lowest BCUT2D eigenvalue weighted by molar-refractivity contribution is -0.111. The molecular weight excluding hydrogens is 420 g/mol. The highest BCUT2D eigenvalue weighted by atomic mass is 32.1. The van der Waals surface area contributed by atoms with Crippen molar-refractivity contribution in [2.45, 2.75) is 72.5 Å². The van der Waals surface area contributed by atoms with Crippen LogP contribution in [0.2, 0.25) is 0 Å². The Morgan fingerprint density at radius 3 is 2.19 bits per heavy atom. The monoisotopic (exact) mass is 460 g/mol. The van der Waals surface area contributed by atoms with Gasteiger partial charge in [0.05, 0.1) is 28.2 Å². The first-order chi connectivity index (χ1) is 15.0. The average molecular weight is 461 g/mol. The SMILES string of the molecule is CC(C)(C)C(N)C=O.CC1CCCN1C.Cc1ncsc1-c1ccc(C(C)NC=O)cc1. The number of hydrogen-bond donors (Lipinski definition) is 2. The Balaban J connectivity index is 0.000000283. The average Bonchev–Trinajstić information content (AvgIpc) is 3.35. The van der Waals surface area contributed by atoms with Crippen LogP contribution in [0.3, 0.4) is 0 Å². The number of carbonyl (C=O) groups is 2. The minimum atomic E-state index is -0.331.